The third kappa shape index (κ3) is 2.25. The van der Waals surface area contributed by atoms with Gasteiger partial charge in [-0.15, -0.1) is 0 Å². The van der Waals surface area contributed by atoms with Crippen LogP contribution in [0.4, 0.5) is 17.5 Å². The third-order valence-corrected chi connectivity index (χ3v) is 5.78. The van der Waals surface area contributed by atoms with E-state index >= 15 is 0 Å². The summed E-state index contributed by atoms with van der Waals surface area (Å²) in [4.78, 5) is 38.4. The van der Waals surface area contributed by atoms with Crippen LogP contribution in [0.5, 0.6) is 0 Å². The summed E-state index contributed by atoms with van der Waals surface area (Å²) in [6.07, 6.45) is 7.10. The number of fused-ring (bicyclic) bond motifs is 4. The Labute approximate surface area is 161 Å². The van der Waals surface area contributed by atoms with Gasteiger partial charge in [0.2, 0.25) is 5.95 Å². The maximum Gasteiger partial charge on any atom is 0.274 e. The lowest BCUT2D eigenvalue weighted by Gasteiger charge is -2.26. The van der Waals surface area contributed by atoms with Crippen LogP contribution in [0.25, 0.3) is 10.9 Å². The summed E-state index contributed by atoms with van der Waals surface area (Å²) >= 11 is 0. The summed E-state index contributed by atoms with van der Waals surface area (Å²) in [5.74, 6) is 0.607. The quantitative estimate of drug-likeness (QED) is 0.673. The lowest BCUT2D eigenvalue weighted by Crippen LogP contribution is -2.39. The third-order valence-electron chi connectivity index (χ3n) is 5.78. The predicted molar refractivity (Wildman–Crippen MR) is 107 cm³/mol. The van der Waals surface area contributed by atoms with Crippen molar-refractivity contribution >= 4 is 34.3 Å². The van der Waals surface area contributed by atoms with Gasteiger partial charge in [0.15, 0.2) is 0 Å². The molecule has 9 nitrogen and oxygen atoms in total. The molecule has 28 heavy (non-hydrogen) atoms. The zero-order chi connectivity index (χ0) is 19.6. The van der Waals surface area contributed by atoms with E-state index < -0.39 is 0 Å². The second kappa shape index (κ2) is 5.82. The van der Waals surface area contributed by atoms with Crippen LogP contribution >= 0.6 is 0 Å². The number of nitrogens with two attached hydrogens (primary N) is 1. The Kier molecular flexibility index (Phi) is 3.49. The van der Waals surface area contributed by atoms with Crippen molar-refractivity contribution in [1.82, 2.24) is 19.1 Å². The minimum Gasteiger partial charge on any atom is -0.368 e. The van der Waals surface area contributed by atoms with Gasteiger partial charge in [-0.1, -0.05) is 0 Å². The number of pyridine rings is 1. The number of carbonyl (C=O) groups is 1. The molecule has 1 amide bonds. The SMILES string of the molecule is Cn1ccc2c(N3C[C@@H]4CCCN4c4nc(N)ncc4C3=O)cn(C)c2c1=O. The van der Waals surface area contributed by atoms with Crippen molar-refractivity contribution in [2.45, 2.75) is 18.9 Å². The average molecular weight is 379 g/mol. The Balaban J connectivity index is 1.72. The molecule has 1 atom stereocenters. The zero-order valence-electron chi connectivity index (χ0n) is 15.8. The van der Waals surface area contributed by atoms with E-state index in [9.17, 15) is 9.59 Å². The van der Waals surface area contributed by atoms with E-state index in [0.29, 0.717) is 23.4 Å². The molecule has 2 aliphatic heterocycles. The molecular formula is C19H21N7O2. The first-order chi connectivity index (χ1) is 13.5. The van der Waals surface area contributed by atoms with Gasteiger partial charge in [0.05, 0.1) is 5.69 Å². The summed E-state index contributed by atoms with van der Waals surface area (Å²) in [5, 5.41) is 0.767. The maximum absolute atomic E-state index is 13.5. The van der Waals surface area contributed by atoms with Crippen molar-refractivity contribution in [2.75, 3.05) is 28.6 Å². The molecule has 2 N–H and O–H groups in total. The first-order valence-electron chi connectivity index (χ1n) is 9.31. The number of aryl methyl sites for hydroxylation is 2. The van der Waals surface area contributed by atoms with Crippen molar-refractivity contribution in [3.05, 3.63) is 40.6 Å². The van der Waals surface area contributed by atoms with E-state index in [1.807, 2.05) is 19.3 Å². The monoisotopic (exact) mass is 379 g/mol. The maximum atomic E-state index is 13.5. The first kappa shape index (κ1) is 16.8. The molecule has 3 aromatic heterocycles. The molecule has 0 radical (unpaired) electrons. The van der Waals surface area contributed by atoms with Crippen molar-refractivity contribution < 1.29 is 4.79 Å². The highest BCUT2D eigenvalue weighted by molar-refractivity contribution is 6.13. The molecule has 1 fully saturated rings. The minimum absolute atomic E-state index is 0.0903. The van der Waals surface area contributed by atoms with Crippen LogP contribution in [0, 0.1) is 0 Å². The lowest BCUT2D eigenvalue weighted by molar-refractivity contribution is 0.0988. The smallest absolute Gasteiger partial charge is 0.274 e. The Morgan fingerprint density at radius 2 is 2.04 bits per heavy atom. The summed E-state index contributed by atoms with van der Waals surface area (Å²) in [5.41, 5.74) is 7.47. The second-order valence-electron chi connectivity index (χ2n) is 7.49. The normalized spacial score (nSPS) is 19.1. The number of nitrogens with zero attached hydrogens (tertiary/aromatic N) is 6. The van der Waals surface area contributed by atoms with E-state index in [1.54, 1.807) is 27.3 Å². The lowest BCUT2D eigenvalue weighted by atomic mass is 10.2. The Morgan fingerprint density at radius 3 is 2.86 bits per heavy atom. The van der Waals surface area contributed by atoms with Gasteiger partial charge in [0.25, 0.3) is 11.5 Å². The first-order valence-corrected chi connectivity index (χ1v) is 9.31. The number of carbonyl (C=O) groups excluding carboxylic acids is 1. The van der Waals surface area contributed by atoms with E-state index in [-0.39, 0.29) is 23.5 Å². The highest BCUT2D eigenvalue weighted by Crippen LogP contribution is 2.36. The highest BCUT2D eigenvalue weighted by atomic mass is 16.2. The standard InChI is InChI=1S/C19H21N7O2/c1-23-7-5-12-14(10-24(2)15(12)18(23)28)26-9-11-4-3-6-25(11)16-13(17(26)27)8-21-19(20)22-16/h5,7-8,10-11H,3-4,6,9H2,1-2H3,(H2,20,21,22)/t11-/m0/s1. The topological polar surface area (TPSA) is 102 Å². The molecule has 0 saturated carbocycles. The van der Waals surface area contributed by atoms with E-state index in [1.165, 1.54) is 6.20 Å². The minimum atomic E-state index is -0.169. The van der Waals surface area contributed by atoms with E-state index in [2.05, 4.69) is 14.9 Å². The summed E-state index contributed by atoms with van der Waals surface area (Å²) < 4.78 is 3.33. The van der Waals surface area contributed by atoms with Crippen LogP contribution in [-0.2, 0) is 14.1 Å². The van der Waals surface area contributed by atoms with E-state index in [4.69, 9.17) is 5.73 Å². The van der Waals surface area contributed by atoms with Crippen molar-refractivity contribution in [1.29, 1.82) is 0 Å². The number of anilines is 3. The van der Waals surface area contributed by atoms with Crippen LogP contribution < -0.4 is 21.1 Å². The highest BCUT2D eigenvalue weighted by Gasteiger charge is 2.38. The van der Waals surface area contributed by atoms with Gasteiger partial charge in [-0.25, -0.2) is 4.98 Å². The number of nitrogen functional groups attached to an aromatic ring is 1. The van der Waals surface area contributed by atoms with Gasteiger partial charge in [-0.05, 0) is 18.9 Å². The fraction of sp³-hybridized carbons (Fsp3) is 0.368. The largest absolute Gasteiger partial charge is 0.368 e. The van der Waals surface area contributed by atoms with Gasteiger partial charge >= 0.3 is 0 Å². The van der Waals surface area contributed by atoms with Gasteiger partial charge in [0.1, 0.15) is 16.9 Å². The molecule has 5 heterocycles. The molecule has 0 aromatic carbocycles. The van der Waals surface area contributed by atoms with Crippen molar-refractivity contribution in [3.63, 3.8) is 0 Å². The molecule has 0 aliphatic carbocycles. The van der Waals surface area contributed by atoms with Gasteiger partial charge < -0.3 is 24.7 Å². The van der Waals surface area contributed by atoms with Crippen LogP contribution in [0.15, 0.2) is 29.5 Å². The van der Waals surface area contributed by atoms with Crippen LogP contribution in [0.3, 0.4) is 0 Å². The fourth-order valence-electron chi connectivity index (χ4n) is 4.40. The molecule has 5 rings (SSSR count). The molecule has 9 heteroatoms. The fourth-order valence-corrected chi connectivity index (χ4v) is 4.40. The van der Waals surface area contributed by atoms with Crippen LogP contribution in [-0.4, -0.2) is 44.1 Å². The molecule has 0 bridgehead atoms. The zero-order valence-corrected chi connectivity index (χ0v) is 15.8. The van der Waals surface area contributed by atoms with Gasteiger partial charge in [-0.2, -0.15) is 4.98 Å². The predicted octanol–water partition coefficient (Wildman–Crippen LogP) is 0.878. The molecule has 2 aliphatic rings. The molecule has 0 spiro atoms. The Morgan fingerprint density at radius 1 is 1.21 bits per heavy atom. The average Bonchev–Trinajstić information content (AvgIpc) is 3.24. The Bertz CT molecular complexity index is 1180. The summed E-state index contributed by atoms with van der Waals surface area (Å²) in [7, 11) is 3.55. The summed E-state index contributed by atoms with van der Waals surface area (Å²) in [6.45, 7) is 1.37. The molecule has 3 aromatic rings. The molecule has 0 unspecified atom stereocenters. The van der Waals surface area contributed by atoms with Crippen LogP contribution in [0.1, 0.15) is 23.2 Å². The number of hydrogen-bond donors (Lipinski definition) is 1. The second-order valence-corrected chi connectivity index (χ2v) is 7.49. The number of aromatic nitrogens is 4. The Hall–Kier alpha value is -3.36. The molecular weight excluding hydrogens is 358 g/mol. The molecule has 144 valence electrons. The summed E-state index contributed by atoms with van der Waals surface area (Å²) in [6, 6.07) is 2.04. The van der Waals surface area contributed by atoms with Gasteiger partial charge in [0, 0.05) is 57.2 Å². The van der Waals surface area contributed by atoms with E-state index in [0.717, 1.165) is 30.5 Å². The molecule has 1 saturated heterocycles. The van der Waals surface area contributed by atoms with Gasteiger partial charge in [-0.3, -0.25) is 9.59 Å². The van der Waals surface area contributed by atoms with Crippen molar-refractivity contribution in [2.24, 2.45) is 14.1 Å². The van der Waals surface area contributed by atoms with Crippen molar-refractivity contribution in [3.8, 4) is 0 Å². The number of amides is 1. The number of rotatable bonds is 1. The van der Waals surface area contributed by atoms with Crippen LogP contribution in [0.2, 0.25) is 0 Å². The number of hydrogen-bond acceptors (Lipinski definition) is 6.